The lowest BCUT2D eigenvalue weighted by atomic mass is 10.1. The minimum absolute atomic E-state index is 0.290. The van der Waals surface area contributed by atoms with Crippen LogP contribution in [0.5, 0.6) is 5.75 Å². The maximum absolute atomic E-state index is 11.7. The van der Waals surface area contributed by atoms with Crippen molar-refractivity contribution in [1.29, 1.82) is 0 Å². The van der Waals surface area contributed by atoms with E-state index in [1.165, 1.54) is 0 Å². The molecular formula is C16H17BrN2O4. The highest BCUT2D eigenvalue weighted by Crippen LogP contribution is 2.17. The SMILES string of the molecule is COc1ccccc1CCNC(=O)COC(=O)c1cc(Br)c[nH]1. The van der Waals surface area contributed by atoms with Crippen molar-refractivity contribution < 1.29 is 19.1 Å². The van der Waals surface area contributed by atoms with Crippen molar-refractivity contribution >= 4 is 27.8 Å². The molecule has 1 aromatic heterocycles. The van der Waals surface area contributed by atoms with Gasteiger partial charge in [-0.15, -0.1) is 0 Å². The van der Waals surface area contributed by atoms with Gasteiger partial charge in [0.1, 0.15) is 11.4 Å². The van der Waals surface area contributed by atoms with Crippen molar-refractivity contribution in [2.75, 3.05) is 20.3 Å². The van der Waals surface area contributed by atoms with Crippen LogP contribution >= 0.6 is 15.9 Å². The lowest BCUT2D eigenvalue weighted by Gasteiger charge is -2.09. The number of hydrogen-bond donors (Lipinski definition) is 2. The summed E-state index contributed by atoms with van der Waals surface area (Å²) in [4.78, 5) is 26.1. The molecule has 1 amide bonds. The van der Waals surface area contributed by atoms with Crippen LogP contribution in [0.15, 0.2) is 41.0 Å². The van der Waals surface area contributed by atoms with Crippen molar-refractivity contribution in [3.63, 3.8) is 0 Å². The third-order valence-corrected chi connectivity index (χ3v) is 3.57. The number of benzene rings is 1. The molecule has 0 saturated carbocycles. The highest BCUT2D eigenvalue weighted by Gasteiger charge is 2.11. The summed E-state index contributed by atoms with van der Waals surface area (Å²) in [6.45, 7) is 0.117. The van der Waals surface area contributed by atoms with Gasteiger partial charge in [-0.25, -0.2) is 4.79 Å². The molecule has 2 rings (SSSR count). The molecule has 2 aromatic rings. The molecule has 2 N–H and O–H groups in total. The van der Waals surface area contributed by atoms with Crippen LogP contribution in [0.4, 0.5) is 0 Å². The third-order valence-electron chi connectivity index (χ3n) is 3.11. The van der Waals surface area contributed by atoms with Gasteiger partial charge in [-0.3, -0.25) is 4.79 Å². The Morgan fingerprint density at radius 2 is 2.09 bits per heavy atom. The highest BCUT2D eigenvalue weighted by molar-refractivity contribution is 9.10. The van der Waals surface area contributed by atoms with E-state index in [2.05, 4.69) is 26.2 Å². The molecule has 0 atom stereocenters. The van der Waals surface area contributed by atoms with Crippen LogP contribution in [0.2, 0.25) is 0 Å². The van der Waals surface area contributed by atoms with Crippen LogP contribution in [-0.4, -0.2) is 37.1 Å². The summed E-state index contributed by atoms with van der Waals surface area (Å²) in [5, 5.41) is 2.70. The molecule has 0 bridgehead atoms. The lowest BCUT2D eigenvalue weighted by molar-refractivity contribution is -0.124. The number of esters is 1. The van der Waals surface area contributed by atoms with Crippen molar-refractivity contribution in [2.45, 2.75) is 6.42 Å². The molecule has 0 radical (unpaired) electrons. The molecule has 0 saturated heterocycles. The molecular weight excluding hydrogens is 364 g/mol. The highest BCUT2D eigenvalue weighted by atomic mass is 79.9. The molecule has 0 aliphatic carbocycles. The number of H-pyrrole nitrogens is 1. The van der Waals surface area contributed by atoms with Crippen molar-refractivity contribution in [3.8, 4) is 5.75 Å². The van der Waals surface area contributed by atoms with Crippen molar-refractivity contribution in [1.82, 2.24) is 10.3 Å². The molecule has 1 heterocycles. The molecule has 0 unspecified atom stereocenters. The normalized spacial score (nSPS) is 10.2. The average molecular weight is 381 g/mol. The van der Waals surface area contributed by atoms with Crippen LogP contribution in [0.1, 0.15) is 16.1 Å². The van der Waals surface area contributed by atoms with Gasteiger partial charge in [-0.1, -0.05) is 18.2 Å². The zero-order chi connectivity index (χ0) is 16.7. The van der Waals surface area contributed by atoms with Gasteiger partial charge in [0.05, 0.1) is 7.11 Å². The predicted octanol–water partition coefficient (Wildman–Crippen LogP) is 2.30. The van der Waals surface area contributed by atoms with E-state index in [1.54, 1.807) is 19.4 Å². The first kappa shape index (κ1) is 17.1. The molecule has 0 fully saturated rings. The van der Waals surface area contributed by atoms with Gasteiger partial charge in [-0.2, -0.15) is 0 Å². The molecule has 6 nitrogen and oxygen atoms in total. The van der Waals surface area contributed by atoms with Gasteiger partial charge in [-0.05, 0) is 40.0 Å². The fourth-order valence-corrected chi connectivity index (χ4v) is 2.34. The van der Waals surface area contributed by atoms with E-state index in [1.807, 2.05) is 24.3 Å². The van der Waals surface area contributed by atoms with Crippen LogP contribution in [0, 0.1) is 0 Å². The van der Waals surface area contributed by atoms with Crippen LogP contribution in [0.3, 0.4) is 0 Å². The van der Waals surface area contributed by atoms with E-state index in [4.69, 9.17) is 9.47 Å². The Labute approximate surface area is 142 Å². The first-order valence-electron chi connectivity index (χ1n) is 7.00. The Morgan fingerprint density at radius 1 is 1.30 bits per heavy atom. The van der Waals surface area contributed by atoms with Gasteiger partial charge >= 0.3 is 5.97 Å². The first-order chi connectivity index (χ1) is 11.1. The van der Waals surface area contributed by atoms with E-state index in [9.17, 15) is 9.59 Å². The van der Waals surface area contributed by atoms with E-state index in [0.29, 0.717) is 18.7 Å². The second kappa shape index (κ2) is 8.38. The van der Waals surface area contributed by atoms with Gasteiger partial charge in [0.2, 0.25) is 0 Å². The number of halogens is 1. The van der Waals surface area contributed by atoms with Crippen LogP contribution in [0.25, 0.3) is 0 Å². The number of carbonyl (C=O) groups is 2. The number of ether oxygens (including phenoxy) is 2. The number of carbonyl (C=O) groups excluding carboxylic acids is 2. The minimum Gasteiger partial charge on any atom is -0.496 e. The third kappa shape index (κ3) is 5.14. The molecule has 23 heavy (non-hydrogen) atoms. The molecule has 0 aliphatic rings. The minimum atomic E-state index is -0.574. The second-order valence-electron chi connectivity index (χ2n) is 4.72. The van der Waals surface area contributed by atoms with E-state index < -0.39 is 5.97 Å². The number of aromatic amines is 1. The van der Waals surface area contributed by atoms with Gasteiger partial charge in [0.25, 0.3) is 5.91 Å². The smallest absolute Gasteiger partial charge is 0.355 e. The summed E-state index contributed by atoms with van der Waals surface area (Å²) in [5.41, 5.74) is 1.29. The summed E-state index contributed by atoms with van der Waals surface area (Å²) in [7, 11) is 1.61. The second-order valence-corrected chi connectivity index (χ2v) is 5.64. The number of hydrogen-bond acceptors (Lipinski definition) is 4. The van der Waals surface area contributed by atoms with Crippen molar-refractivity contribution in [2.24, 2.45) is 0 Å². The summed E-state index contributed by atoms with van der Waals surface area (Å²) in [5.74, 6) is -0.139. The van der Waals surface area contributed by atoms with Crippen LogP contribution < -0.4 is 10.1 Å². The summed E-state index contributed by atoms with van der Waals surface area (Å²) in [6, 6.07) is 9.19. The van der Waals surface area contributed by atoms with Gasteiger partial charge < -0.3 is 19.8 Å². The summed E-state index contributed by atoms with van der Waals surface area (Å²) in [6.07, 6.45) is 2.25. The first-order valence-corrected chi connectivity index (χ1v) is 7.79. The quantitative estimate of drug-likeness (QED) is 0.722. The maximum Gasteiger partial charge on any atom is 0.355 e. The summed E-state index contributed by atoms with van der Waals surface area (Å²) < 4.78 is 10.9. The fraction of sp³-hybridized carbons (Fsp3) is 0.250. The van der Waals surface area contributed by atoms with E-state index in [-0.39, 0.29) is 12.5 Å². The van der Waals surface area contributed by atoms with Gasteiger partial charge in [0.15, 0.2) is 6.61 Å². The monoisotopic (exact) mass is 380 g/mol. The van der Waals surface area contributed by atoms with E-state index >= 15 is 0 Å². The maximum atomic E-state index is 11.7. The number of amides is 1. The molecule has 1 aromatic carbocycles. The Hall–Kier alpha value is -2.28. The average Bonchev–Trinajstić information content (AvgIpc) is 2.99. The van der Waals surface area contributed by atoms with Crippen molar-refractivity contribution in [3.05, 3.63) is 52.3 Å². The molecule has 7 heteroatoms. The largest absolute Gasteiger partial charge is 0.496 e. The number of rotatable bonds is 7. The number of nitrogens with one attached hydrogen (secondary N) is 2. The molecule has 0 spiro atoms. The van der Waals surface area contributed by atoms with Crippen LogP contribution in [-0.2, 0) is 16.0 Å². The molecule has 0 aliphatic heterocycles. The van der Waals surface area contributed by atoms with Gasteiger partial charge in [0, 0.05) is 17.2 Å². The summed E-state index contributed by atoms with van der Waals surface area (Å²) >= 11 is 3.22. The number of aromatic nitrogens is 1. The topological polar surface area (TPSA) is 80.4 Å². The Bertz CT molecular complexity index is 684. The number of para-hydroxylation sites is 1. The van der Waals surface area contributed by atoms with E-state index in [0.717, 1.165) is 15.8 Å². The number of methoxy groups -OCH3 is 1. The predicted molar refractivity (Wildman–Crippen MR) is 88.5 cm³/mol. The zero-order valence-electron chi connectivity index (χ0n) is 12.6. The molecule has 122 valence electrons. The Balaban J connectivity index is 1.72. The zero-order valence-corrected chi connectivity index (χ0v) is 14.2. The Morgan fingerprint density at radius 3 is 2.78 bits per heavy atom. The lowest BCUT2D eigenvalue weighted by Crippen LogP contribution is -2.30. The fourth-order valence-electron chi connectivity index (χ4n) is 1.99. The Kier molecular flexibility index (Phi) is 6.22. The standard InChI is InChI=1S/C16H17BrN2O4/c1-22-14-5-3-2-4-11(14)6-7-18-15(20)10-23-16(21)13-8-12(17)9-19-13/h2-5,8-9,19H,6-7,10H2,1H3,(H,18,20).